The lowest BCUT2D eigenvalue weighted by Gasteiger charge is -2.29. The highest BCUT2D eigenvalue weighted by molar-refractivity contribution is 5.94. The summed E-state index contributed by atoms with van der Waals surface area (Å²) in [7, 11) is 0. The number of hydrogen-bond donors (Lipinski definition) is 2. The smallest absolute Gasteiger partial charge is 0.280 e. The molecule has 1 aliphatic rings. The van der Waals surface area contributed by atoms with E-state index in [0.29, 0.717) is 40.9 Å². The number of aromatic amines is 1. The SMILES string of the molecule is N#Cc1ccc(-c2c[nH]n(-c3ccc(C(=O)NCC4(F)CCCCC4)cn3)c2=O)cc1. The maximum Gasteiger partial charge on any atom is 0.280 e. The number of nitrogens with one attached hydrogen (secondary N) is 2. The number of carbonyl (C=O) groups excluding carboxylic acids is 1. The van der Waals surface area contributed by atoms with E-state index in [9.17, 15) is 14.0 Å². The van der Waals surface area contributed by atoms with Crippen LogP contribution in [0.25, 0.3) is 16.9 Å². The minimum atomic E-state index is -1.33. The molecular formula is C23H22FN5O2. The van der Waals surface area contributed by atoms with Crippen LogP contribution in [0.3, 0.4) is 0 Å². The molecule has 1 aromatic carbocycles. The fraction of sp³-hybridized carbons (Fsp3) is 0.304. The Hall–Kier alpha value is -3.73. The summed E-state index contributed by atoms with van der Waals surface area (Å²) in [5.41, 5.74) is 0.297. The first-order valence-electron chi connectivity index (χ1n) is 10.2. The highest BCUT2D eigenvalue weighted by Gasteiger charge is 2.32. The van der Waals surface area contributed by atoms with Gasteiger partial charge in [0.05, 0.1) is 29.3 Å². The molecule has 0 spiro atoms. The molecule has 0 aliphatic heterocycles. The largest absolute Gasteiger partial charge is 0.349 e. The second-order valence-electron chi connectivity index (χ2n) is 7.82. The summed E-state index contributed by atoms with van der Waals surface area (Å²) < 4.78 is 15.9. The summed E-state index contributed by atoms with van der Waals surface area (Å²) in [6.45, 7) is -0.00236. The molecule has 0 atom stereocenters. The van der Waals surface area contributed by atoms with Gasteiger partial charge in [0.15, 0.2) is 5.82 Å². The van der Waals surface area contributed by atoms with Crippen LogP contribution in [-0.2, 0) is 0 Å². The van der Waals surface area contributed by atoms with Crippen LogP contribution >= 0.6 is 0 Å². The van der Waals surface area contributed by atoms with E-state index in [0.717, 1.165) is 19.3 Å². The summed E-state index contributed by atoms with van der Waals surface area (Å²) >= 11 is 0. The van der Waals surface area contributed by atoms with Gasteiger partial charge >= 0.3 is 0 Å². The fourth-order valence-corrected chi connectivity index (χ4v) is 3.83. The lowest BCUT2D eigenvalue weighted by molar-refractivity contribution is 0.0813. The van der Waals surface area contributed by atoms with Crippen molar-refractivity contribution in [2.75, 3.05) is 6.54 Å². The molecule has 0 bridgehead atoms. The van der Waals surface area contributed by atoms with Crippen molar-refractivity contribution in [2.45, 2.75) is 37.8 Å². The van der Waals surface area contributed by atoms with Gasteiger partial charge in [-0.2, -0.15) is 5.26 Å². The number of carbonyl (C=O) groups is 1. The number of alkyl halides is 1. The van der Waals surface area contributed by atoms with Gasteiger partial charge in [-0.1, -0.05) is 31.4 Å². The highest BCUT2D eigenvalue weighted by Crippen LogP contribution is 2.31. The van der Waals surface area contributed by atoms with Crippen molar-refractivity contribution in [3.63, 3.8) is 0 Å². The number of rotatable bonds is 5. The Morgan fingerprint density at radius 2 is 1.94 bits per heavy atom. The number of nitriles is 1. The van der Waals surface area contributed by atoms with E-state index in [2.05, 4.69) is 15.4 Å². The van der Waals surface area contributed by atoms with Gasteiger partial charge in [-0.15, -0.1) is 0 Å². The van der Waals surface area contributed by atoms with E-state index < -0.39 is 11.6 Å². The molecule has 8 heteroatoms. The molecule has 1 saturated carbocycles. The van der Waals surface area contributed by atoms with Crippen molar-refractivity contribution in [2.24, 2.45) is 0 Å². The van der Waals surface area contributed by atoms with Gasteiger partial charge in [-0.3, -0.25) is 14.7 Å². The Labute approximate surface area is 178 Å². The first-order chi connectivity index (χ1) is 15.0. The van der Waals surface area contributed by atoms with E-state index in [-0.39, 0.29) is 12.1 Å². The van der Waals surface area contributed by atoms with Gasteiger partial charge in [0.25, 0.3) is 11.5 Å². The number of halogens is 1. The van der Waals surface area contributed by atoms with Crippen molar-refractivity contribution in [1.82, 2.24) is 20.1 Å². The lowest BCUT2D eigenvalue weighted by atomic mass is 9.86. The molecule has 3 aromatic rings. The Morgan fingerprint density at radius 1 is 1.19 bits per heavy atom. The van der Waals surface area contributed by atoms with E-state index in [1.165, 1.54) is 10.9 Å². The van der Waals surface area contributed by atoms with E-state index in [4.69, 9.17) is 5.26 Å². The number of amides is 1. The third kappa shape index (κ3) is 4.40. The third-order valence-corrected chi connectivity index (χ3v) is 5.65. The van der Waals surface area contributed by atoms with Crippen LogP contribution in [0.2, 0.25) is 0 Å². The molecule has 0 saturated heterocycles. The zero-order chi connectivity index (χ0) is 21.8. The Kier molecular flexibility index (Phi) is 5.67. The van der Waals surface area contributed by atoms with E-state index in [1.54, 1.807) is 42.6 Å². The van der Waals surface area contributed by atoms with Crippen LogP contribution in [0, 0.1) is 11.3 Å². The minimum absolute atomic E-state index is 0.00236. The van der Waals surface area contributed by atoms with Gasteiger partial charge < -0.3 is 5.32 Å². The number of pyridine rings is 1. The van der Waals surface area contributed by atoms with Gasteiger partial charge in [0.2, 0.25) is 0 Å². The van der Waals surface area contributed by atoms with Gasteiger partial charge in [-0.05, 0) is 42.7 Å². The molecule has 158 valence electrons. The monoisotopic (exact) mass is 419 g/mol. The average molecular weight is 419 g/mol. The summed E-state index contributed by atoms with van der Waals surface area (Å²) in [6.07, 6.45) is 6.61. The van der Waals surface area contributed by atoms with Gasteiger partial charge in [-0.25, -0.2) is 14.1 Å². The first-order valence-corrected chi connectivity index (χ1v) is 10.2. The molecule has 0 radical (unpaired) electrons. The molecular weight excluding hydrogens is 397 g/mol. The summed E-state index contributed by atoms with van der Waals surface area (Å²) in [5.74, 6) is -0.0607. The highest BCUT2D eigenvalue weighted by atomic mass is 19.1. The average Bonchev–Trinajstić information content (AvgIpc) is 3.19. The second kappa shape index (κ2) is 8.56. The molecule has 4 rings (SSSR count). The Bertz CT molecular complexity index is 1170. The quantitative estimate of drug-likeness (QED) is 0.660. The molecule has 7 nitrogen and oxygen atoms in total. The van der Waals surface area contributed by atoms with Crippen LogP contribution in [0.15, 0.2) is 53.6 Å². The van der Waals surface area contributed by atoms with E-state index >= 15 is 0 Å². The van der Waals surface area contributed by atoms with Crippen LogP contribution < -0.4 is 10.9 Å². The molecule has 2 aromatic heterocycles. The van der Waals surface area contributed by atoms with E-state index in [1.807, 2.05) is 6.07 Å². The predicted octanol–water partition coefficient (Wildman–Crippen LogP) is 3.50. The predicted molar refractivity (Wildman–Crippen MR) is 114 cm³/mol. The van der Waals surface area contributed by atoms with Crippen LogP contribution in [-0.4, -0.2) is 32.9 Å². The molecule has 2 heterocycles. The first kappa shape index (κ1) is 20.5. The number of nitrogens with zero attached hydrogens (tertiary/aromatic N) is 3. The molecule has 2 N–H and O–H groups in total. The van der Waals surface area contributed by atoms with Crippen LogP contribution in [0.4, 0.5) is 4.39 Å². The summed E-state index contributed by atoms with van der Waals surface area (Å²) in [4.78, 5) is 29.3. The second-order valence-corrected chi connectivity index (χ2v) is 7.82. The van der Waals surface area contributed by atoms with Crippen molar-refractivity contribution in [1.29, 1.82) is 5.26 Å². The minimum Gasteiger partial charge on any atom is -0.349 e. The number of aromatic nitrogens is 3. The number of hydrogen-bond acceptors (Lipinski definition) is 4. The maximum atomic E-state index is 14.7. The zero-order valence-corrected chi connectivity index (χ0v) is 16.9. The van der Waals surface area contributed by atoms with Crippen LogP contribution in [0.5, 0.6) is 0 Å². The molecule has 1 aliphatic carbocycles. The maximum absolute atomic E-state index is 14.7. The fourth-order valence-electron chi connectivity index (χ4n) is 3.83. The van der Waals surface area contributed by atoms with Gasteiger partial charge in [0.1, 0.15) is 5.67 Å². The zero-order valence-electron chi connectivity index (χ0n) is 16.9. The Balaban J connectivity index is 1.47. The molecule has 1 fully saturated rings. The molecule has 1 amide bonds. The van der Waals surface area contributed by atoms with Crippen LogP contribution in [0.1, 0.15) is 48.0 Å². The van der Waals surface area contributed by atoms with Crippen molar-refractivity contribution >= 4 is 5.91 Å². The molecule has 31 heavy (non-hydrogen) atoms. The molecule has 0 unspecified atom stereocenters. The van der Waals surface area contributed by atoms with Crippen molar-refractivity contribution < 1.29 is 9.18 Å². The number of H-pyrrole nitrogens is 1. The number of benzene rings is 1. The van der Waals surface area contributed by atoms with Crippen molar-refractivity contribution in [3.05, 3.63) is 70.3 Å². The van der Waals surface area contributed by atoms with Gasteiger partial charge in [0, 0.05) is 12.4 Å². The normalized spacial score (nSPS) is 15.2. The standard InChI is InChI=1S/C23H22FN5O2/c24-23(10-2-1-3-11-23)15-27-21(30)18-8-9-20(26-13-18)29-22(31)19(14-28-29)17-6-4-16(12-25)5-7-17/h4-9,13-14,28H,1-3,10-11,15H2,(H,27,30). The summed E-state index contributed by atoms with van der Waals surface area (Å²) in [5, 5.41) is 14.4. The lowest BCUT2D eigenvalue weighted by Crippen LogP contribution is -2.41. The van der Waals surface area contributed by atoms with Crippen molar-refractivity contribution in [3.8, 4) is 23.0 Å². The Morgan fingerprint density at radius 3 is 2.58 bits per heavy atom. The topological polar surface area (TPSA) is 104 Å². The third-order valence-electron chi connectivity index (χ3n) is 5.65. The summed E-state index contributed by atoms with van der Waals surface area (Å²) in [6, 6.07) is 11.9.